The highest BCUT2D eigenvalue weighted by atomic mass is 32.1. The lowest BCUT2D eigenvalue weighted by Crippen LogP contribution is -2.45. The maximum Gasteiger partial charge on any atom is 0.303 e. The number of piperidine rings is 1. The summed E-state index contributed by atoms with van der Waals surface area (Å²) in [6.45, 7) is 4.23. The summed E-state index contributed by atoms with van der Waals surface area (Å²) in [7, 11) is 6.23. The van der Waals surface area contributed by atoms with Crippen LogP contribution in [0.4, 0.5) is 0 Å². The number of carbonyl (C=O) groups is 2. The number of carbonyl (C=O) groups excluding carboxylic acids is 1. The fourth-order valence-corrected chi connectivity index (χ4v) is 4.20. The van der Waals surface area contributed by atoms with Crippen molar-refractivity contribution < 1.29 is 14.7 Å². The van der Waals surface area contributed by atoms with Gasteiger partial charge in [0.2, 0.25) is 0 Å². The molecule has 0 spiro atoms. The van der Waals surface area contributed by atoms with E-state index in [0.717, 1.165) is 37.4 Å². The van der Waals surface area contributed by atoms with Crippen molar-refractivity contribution in [3.05, 3.63) is 22.4 Å². The predicted molar refractivity (Wildman–Crippen MR) is 105 cm³/mol. The van der Waals surface area contributed by atoms with Gasteiger partial charge in [-0.2, -0.15) is 0 Å². The molecule has 6 nitrogen and oxygen atoms in total. The normalized spacial score (nSPS) is 20.7. The van der Waals surface area contributed by atoms with Gasteiger partial charge in [0.25, 0.3) is 5.91 Å². The number of hydrogen-bond acceptors (Lipinski definition) is 5. The van der Waals surface area contributed by atoms with Crippen molar-refractivity contribution >= 4 is 23.2 Å². The minimum Gasteiger partial charge on any atom is -0.481 e. The van der Waals surface area contributed by atoms with E-state index < -0.39 is 5.97 Å². The Morgan fingerprint density at radius 1 is 1.23 bits per heavy atom. The van der Waals surface area contributed by atoms with Crippen LogP contribution in [0.15, 0.2) is 17.5 Å². The van der Waals surface area contributed by atoms with Crippen LogP contribution in [0.3, 0.4) is 0 Å². The van der Waals surface area contributed by atoms with Crippen LogP contribution in [0.1, 0.15) is 28.9 Å². The average molecular weight is 382 g/mol. The van der Waals surface area contributed by atoms with Crippen LogP contribution >= 0.6 is 11.3 Å². The Morgan fingerprint density at radius 3 is 2.62 bits per heavy atom. The Bertz CT molecular complexity index is 577. The molecule has 0 radical (unpaired) electrons. The highest BCUT2D eigenvalue weighted by Crippen LogP contribution is 2.30. The third-order valence-electron chi connectivity index (χ3n) is 5.16. The van der Waals surface area contributed by atoms with Crippen LogP contribution in [0.5, 0.6) is 0 Å². The number of likely N-dealkylation sites (tertiary alicyclic amines) is 1. The van der Waals surface area contributed by atoms with E-state index in [1.807, 2.05) is 22.4 Å². The first kappa shape index (κ1) is 20.9. The largest absolute Gasteiger partial charge is 0.481 e. The van der Waals surface area contributed by atoms with E-state index in [4.69, 9.17) is 0 Å². The molecule has 1 aliphatic heterocycles. The minimum absolute atomic E-state index is 0.0831. The molecule has 0 saturated carbocycles. The molecule has 7 heteroatoms. The van der Waals surface area contributed by atoms with E-state index >= 15 is 0 Å². The van der Waals surface area contributed by atoms with Gasteiger partial charge in [-0.15, -0.1) is 11.3 Å². The second kappa shape index (κ2) is 10.0. The van der Waals surface area contributed by atoms with Gasteiger partial charge in [-0.3, -0.25) is 9.59 Å². The standard InChI is InChI=1S/C19H31N3O3S/c1-20(2)10-11-21(3)8-6-16-14-22(9-7-15(16)13-18(23)24)19(25)17-5-4-12-26-17/h4-5,12,15-16H,6-11,13-14H2,1-3H3,(H,23,24)/t15-,16+/m0/s1. The van der Waals surface area contributed by atoms with Crippen LogP contribution < -0.4 is 0 Å². The van der Waals surface area contributed by atoms with E-state index in [0.29, 0.717) is 13.1 Å². The van der Waals surface area contributed by atoms with Gasteiger partial charge in [0.15, 0.2) is 0 Å². The Morgan fingerprint density at radius 2 is 2.00 bits per heavy atom. The van der Waals surface area contributed by atoms with Gasteiger partial charge in [-0.1, -0.05) is 6.07 Å². The zero-order valence-electron chi connectivity index (χ0n) is 16.1. The maximum atomic E-state index is 12.7. The summed E-state index contributed by atoms with van der Waals surface area (Å²) in [5.74, 6) is -0.258. The molecule has 1 saturated heterocycles. The second-order valence-electron chi connectivity index (χ2n) is 7.53. The molecular weight excluding hydrogens is 350 g/mol. The molecular formula is C19H31N3O3S. The zero-order valence-corrected chi connectivity index (χ0v) is 16.9. The molecule has 1 aromatic heterocycles. The van der Waals surface area contributed by atoms with Crippen molar-refractivity contribution in [3.63, 3.8) is 0 Å². The summed E-state index contributed by atoms with van der Waals surface area (Å²) in [6, 6.07) is 3.76. The average Bonchev–Trinajstić information content (AvgIpc) is 3.12. The van der Waals surface area contributed by atoms with Crippen molar-refractivity contribution in [2.24, 2.45) is 11.8 Å². The van der Waals surface area contributed by atoms with Crippen LogP contribution in [-0.4, -0.2) is 85.5 Å². The van der Waals surface area contributed by atoms with Gasteiger partial charge in [0.1, 0.15) is 0 Å². The first-order valence-electron chi connectivity index (χ1n) is 9.24. The van der Waals surface area contributed by atoms with Crippen molar-refractivity contribution in [2.75, 3.05) is 53.9 Å². The SMILES string of the molecule is CN(C)CCN(C)CC[C@@H]1CN(C(=O)c2cccs2)CC[C@H]1CC(=O)O. The molecule has 2 atom stereocenters. The van der Waals surface area contributed by atoms with E-state index in [2.05, 4.69) is 30.9 Å². The summed E-state index contributed by atoms with van der Waals surface area (Å²) in [4.78, 5) is 31.0. The fourth-order valence-electron chi connectivity index (χ4n) is 3.51. The topological polar surface area (TPSA) is 64.1 Å². The Hall–Kier alpha value is -1.44. The van der Waals surface area contributed by atoms with E-state index in [9.17, 15) is 14.7 Å². The van der Waals surface area contributed by atoms with Gasteiger partial charge in [0.05, 0.1) is 4.88 Å². The molecule has 0 bridgehead atoms. The fraction of sp³-hybridized carbons (Fsp3) is 0.684. The molecule has 146 valence electrons. The Kier molecular flexibility index (Phi) is 8.06. The highest BCUT2D eigenvalue weighted by Gasteiger charge is 2.33. The number of thiophene rings is 1. The van der Waals surface area contributed by atoms with Gasteiger partial charge in [0, 0.05) is 32.6 Å². The van der Waals surface area contributed by atoms with Crippen molar-refractivity contribution in [3.8, 4) is 0 Å². The molecule has 0 aliphatic carbocycles. The summed E-state index contributed by atoms with van der Waals surface area (Å²) < 4.78 is 0. The van der Waals surface area contributed by atoms with E-state index in [1.165, 1.54) is 11.3 Å². The first-order valence-corrected chi connectivity index (χ1v) is 10.1. The molecule has 2 heterocycles. The lowest BCUT2D eigenvalue weighted by molar-refractivity contribution is -0.139. The summed E-state index contributed by atoms with van der Waals surface area (Å²) >= 11 is 1.47. The van der Waals surface area contributed by atoms with Gasteiger partial charge in [-0.25, -0.2) is 0 Å². The molecule has 1 fully saturated rings. The van der Waals surface area contributed by atoms with Gasteiger partial charge < -0.3 is 19.8 Å². The number of aliphatic carboxylic acids is 1. The summed E-state index contributed by atoms with van der Waals surface area (Å²) in [5.41, 5.74) is 0. The molecule has 1 amide bonds. The number of nitrogens with zero attached hydrogens (tertiary/aromatic N) is 3. The third-order valence-corrected chi connectivity index (χ3v) is 6.02. The molecule has 0 unspecified atom stereocenters. The van der Waals surface area contributed by atoms with Crippen LogP contribution in [-0.2, 0) is 4.79 Å². The third kappa shape index (κ3) is 6.37. The van der Waals surface area contributed by atoms with E-state index in [1.54, 1.807) is 0 Å². The number of amides is 1. The predicted octanol–water partition coefficient (Wildman–Crippen LogP) is 2.18. The molecule has 1 aromatic rings. The van der Waals surface area contributed by atoms with E-state index in [-0.39, 0.29) is 24.2 Å². The number of rotatable bonds is 9. The number of carboxylic acids is 1. The minimum atomic E-state index is -0.737. The molecule has 2 rings (SSSR count). The number of likely N-dealkylation sites (N-methyl/N-ethyl adjacent to an activating group) is 2. The quantitative estimate of drug-likeness (QED) is 0.710. The van der Waals surface area contributed by atoms with Crippen LogP contribution in [0.2, 0.25) is 0 Å². The van der Waals surface area contributed by atoms with Crippen molar-refractivity contribution in [2.45, 2.75) is 19.3 Å². The van der Waals surface area contributed by atoms with Crippen LogP contribution in [0.25, 0.3) is 0 Å². The molecule has 26 heavy (non-hydrogen) atoms. The second-order valence-corrected chi connectivity index (χ2v) is 8.48. The number of carboxylic acid groups (broad SMARTS) is 1. The van der Waals surface area contributed by atoms with Gasteiger partial charge >= 0.3 is 5.97 Å². The van der Waals surface area contributed by atoms with Crippen molar-refractivity contribution in [1.82, 2.24) is 14.7 Å². The van der Waals surface area contributed by atoms with Gasteiger partial charge in [-0.05, 0) is 63.8 Å². The Balaban J connectivity index is 1.94. The summed E-state index contributed by atoms with van der Waals surface area (Å²) in [5, 5.41) is 11.2. The van der Waals surface area contributed by atoms with Crippen LogP contribution in [0, 0.1) is 11.8 Å². The number of hydrogen-bond donors (Lipinski definition) is 1. The monoisotopic (exact) mass is 381 g/mol. The maximum absolute atomic E-state index is 12.7. The molecule has 1 aliphatic rings. The molecule has 0 aromatic carbocycles. The summed E-state index contributed by atoms with van der Waals surface area (Å²) in [6.07, 6.45) is 1.90. The first-order chi connectivity index (χ1) is 12.4. The van der Waals surface area contributed by atoms with Crippen molar-refractivity contribution in [1.29, 1.82) is 0 Å². The lowest BCUT2D eigenvalue weighted by atomic mass is 9.81. The smallest absolute Gasteiger partial charge is 0.303 e. The molecule has 1 N–H and O–H groups in total. The lowest BCUT2D eigenvalue weighted by Gasteiger charge is -2.38. The Labute approximate surface area is 160 Å². The zero-order chi connectivity index (χ0) is 19.1. The highest BCUT2D eigenvalue weighted by molar-refractivity contribution is 7.12.